The average molecular weight is 216 g/mol. The van der Waals surface area contributed by atoms with Crippen molar-refractivity contribution >= 4 is 5.97 Å². The molecule has 0 radical (unpaired) electrons. The van der Waals surface area contributed by atoms with Crippen LogP contribution in [0.5, 0.6) is 0 Å². The Hall–Kier alpha value is -0.610. The number of carboxylic acid groups (broad SMARTS) is 1. The Balaban J connectivity index is 3.67. The van der Waals surface area contributed by atoms with Gasteiger partial charge in [-0.2, -0.15) is 0 Å². The highest BCUT2D eigenvalue weighted by atomic mass is 16.4. The molecule has 90 valence electrons. The molecule has 0 amide bonds. The molecule has 4 heteroatoms. The third-order valence-corrected chi connectivity index (χ3v) is 3.09. The quantitative estimate of drug-likeness (QED) is 0.556. The second-order valence-corrected chi connectivity index (χ2v) is 5.05. The van der Waals surface area contributed by atoms with Crippen LogP contribution in [-0.2, 0) is 4.79 Å². The summed E-state index contributed by atoms with van der Waals surface area (Å²) in [4.78, 5) is 10.4. The number of aliphatic carboxylic acids is 1. The number of nitrogens with two attached hydrogens (primary N) is 1. The summed E-state index contributed by atoms with van der Waals surface area (Å²) >= 11 is 0. The second kappa shape index (κ2) is 6.08. The monoisotopic (exact) mass is 216 g/mol. The van der Waals surface area contributed by atoms with Gasteiger partial charge in [0.15, 0.2) is 0 Å². The van der Waals surface area contributed by atoms with Crippen LogP contribution in [0.2, 0.25) is 0 Å². The van der Waals surface area contributed by atoms with Crippen LogP contribution < -0.4 is 11.1 Å². The molecule has 4 N–H and O–H groups in total. The molecule has 0 saturated carbocycles. The first kappa shape index (κ1) is 14.4. The maximum Gasteiger partial charge on any atom is 0.320 e. The highest BCUT2D eigenvalue weighted by Crippen LogP contribution is 2.24. The van der Waals surface area contributed by atoms with Crippen LogP contribution in [0.4, 0.5) is 0 Å². The summed E-state index contributed by atoms with van der Waals surface area (Å²) < 4.78 is 0. The summed E-state index contributed by atoms with van der Waals surface area (Å²) in [6, 6.07) is -0.750. The van der Waals surface area contributed by atoms with Crippen LogP contribution in [0.3, 0.4) is 0 Å². The van der Waals surface area contributed by atoms with Crippen molar-refractivity contribution in [2.75, 3.05) is 13.1 Å². The smallest absolute Gasteiger partial charge is 0.320 e. The van der Waals surface area contributed by atoms with E-state index in [1.807, 2.05) is 0 Å². The molecule has 1 unspecified atom stereocenters. The van der Waals surface area contributed by atoms with Gasteiger partial charge < -0.3 is 16.2 Å². The first-order chi connectivity index (χ1) is 6.77. The zero-order valence-electron chi connectivity index (χ0n) is 10.2. The molecule has 4 nitrogen and oxygen atoms in total. The summed E-state index contributed by atoms with van der Waals surface area (Å²) in [6.45, 7) is 10.3. The zero-order chi connectivity index (χ0) is 12.1. The number of carboxylic acids is 1. The van der Waals surface area contributed by atoms with Crippen LogP contribution in [0.15, 0.2) is 0 Å². The van der Waals surface area contributed by atoms with Gasteiger partial charge in [-0.25, -0.2) is 0 Å². The van der Waals surface area contributed by atoms with Crippen molar-refractivity contribution in [1.29, 1.82) is 0 Å². The predicted octanol–water partition coefficient (Wildman–Crippen LogP) is 1.06. The SMILES string of the molecule is CC(C)C(C)(C)CNCCC(N)C(=O)O. The Morgan fingerprint density at radius 2 is 2.00 bits per heavy atom. The highest BCUT2D eigenvalue weighted by molar-refractivity contribution is 5.72. The minimum Gasteiger partial charge on any atom is -0.480 e. The first-order valence-electron chi connectivity index (χ1n) is 5.46. The van der Waals surface area contributed by atoms with E-state index in [9.17, 15) is 4.79 Å². The lowest BCUT2D eigenvalue weighted by Gasteiger charge is -2.29. The molecule has 0 fully saturated rings. The van der Waals surface area contributed by atoms with Crippen molar-refractivity contribution in [3.63, 3.8) is 0 Å². The standard InChI is InChI=1S/C11H24N2O2/c1-8(2)11(3,4)7-13-6-5-9(12)10(14)15/h8-9,13H,5-7,12H2,1-4H3,(H,14,15). The van der Waals surface area contributed by atoms with Gasteiger partial charge in [0, 0.05) is 6.54 Å². The number of hydrogen-bond donors (Lipinski definition) is 3. The molecule has 1 atom stereocenters. The maximum absolute atomic E-state index is 10.4. The summed E-state index contributed by atoms with van der Waals surface area (Å²) in [5, 5.41) is 11.8. The van der Waals surface area contributed by atoms with E-state index in [2.05, 4.69) is 33.0 Å². The van der Waals surface area contributed by atoms with Gasteiger partial charge in [0.05, 0.1) is 0 Å². The maximum atomic E-state index is 10.4. The van der Waals surface area contributed by atoms with Gasteiger partial charge in [0.2, 0.25) is 0 Å². The van der Waals surface area contributed by atoms with Crippen LogP contribution >= 0.6 is 0 Å². The lowest BCUT2D eigenvalue weighted by molar-refractivity contribution is -0.138. The Bertz CT molecular complexity index is 203. The van der Waals surface area contributed by atoms with Crippen LogP contribution in [0.1, 0.15) is 34.1 Å². The zero-order valence-corrected chi connectivity index (χ0v) is 10.2. The minimum atomic E-state index is -0.931. The Morgan fingerprint density at radius 1 is 1.47 bits per heavy atom. The van der Waals surface area contributed by atoms with E-state index in [1.54, 1.807) is 0 Å². The van der Waals surface area contributed by atoms with Gasteiger partial charge in [-0.1, -0.05) is 27.7 Å². The van der Waals surface area contributed by atoms with Crippen molar-refractivity contribution in [1.82, 2.24) is 5.32 Å². The number of nitrogens with one attached hydrogen (secondary N) is 1. The van der Waals surface area contributed by atoms with Crippen LogP contribution in [0, 0.1) is 11.3 Å². The fraction of sp³-hybridized carbons (Fsp3) is 0.909. The molecule has 0 aromatic rings. The number of rotatable bonds is 7. The molecule has 0 heterocycles. The molecule has 0 aliphatic carbocycles. The molecular formula is C11H24N2O2. The van der Waals surface area contributed by atoms with Crippen LogP contribution in [-0.4, -0.2) is 30.2 Å². The number of hydrogen-bond acceptors (Lipinski definition) is 3. The molecule has 15 heavy (non-hydrogen) atoms. The van der Waals surface area contributed by atoms with Gasteiger partial charge in [-0.3, -0.25) is 4.79 Å². The molecule has 0 aromatic heterocycles. The van der Waals surface area contributed by atoms with Crippen molar-refractivity contribution < 1.29 is 9.90 Å². The summed E-state index contributed by atoms with van der Waals surface area (Å²) in [5.41, 5.74) is 5.62. The molecule has 0 aromatic carbocycles. The topological polar surface area (TPSA) is 75.3 Å². The lowest BCUT2D eigenvalue weighted by Crippen LogP contribution is -2.38. The van der Waals surface area contributed by atoms with Gasteiger partial charge in [-0.15, -0.1) is 0 Å². The van der Waals surface area contributed by atoms with Crippen molar-refractivity contribution in [3.05, 3.63) is 0 Å². The fourth-order valence-corrected chi connectivity index (χ4v) is 0.996. The minimum absolute atomic E-state index is 0.229. The predicted molar refractivity (Wildman–Crippen MR) is 61.7 cm³/mol. The van der Waals surface area contributed by atoms with E-state index in [1.165, 1.54) is 0 Å². The molecular weight excluding hydrogens is 192 g/mol. The lowest BCUT2D eigenvalue weighted by atomic mass is 9.81. The van der Waals surface area contributed by atoms with E-state index in [4.69, 9.17) is 10.8 Å². The largest absolute Gasteiger partial charge is 0.480 e. The van der Waals surface area contributed by atoms with E-state index in [0.717, 1.165) is 6.54 Å². The van der Waals surface area contributed by atoms with E-state index in [0.29, 0.717) is 18.9 Å². The van der Waals surface area contributed by atoms with Crippen molar-refractivity contribution in [2.24, 2.45) is 17.1 Å². The molecule has 0 aliphatic rings. The third-order valence-electron chi connectivity index (χ3n) is 3.09. The fourth-order valence-electron chi connectivity index (χ4n) is 0.996. The Kier molecular flexibility index (Phi) is 5.83. The molecule has 0 saturated heterocycles. The Labute approximate surface area is 92.2 Å². The summed E-state index contributed by atoms with van der Waals surface area (Å²) in [5.74, 6) is -0.335. The van der Waals surface area contributed by atoms with E-state index >= 15 is 0 Å². The van der Waals surface area contributed by atoms with Gasteiger partial charge in [0.1, 0.15) is 6.04 Å². The molecule has 0 spiro atoms. The van der Waals surface area contributed by atoms with Gasteiger partial charge in [0.25, 0.3) is 0 Å². The summed E-state index contributed by atoms with van der Waals surface area (Å²) in [7, 11) is 0. The van der Waals surface area contributed by atoms with E-state index < -0.39 is 12.0 Å². The van der Waals surface area contributed by atoms with E-state index in [-0.39, 0.29) is 5.41 Å². The van der Waals surface area contributed by atoms with Gasteiger partial charge >= 0.3 is 5.97 Å². The van der Waals surface area contributed by atoms with Crippen molar-refractivity contribution in [2.45, 2.75) is 40.2 Å². The first-order valence-corrected chi connectivity index (χ1v) is 5.46. The molecule has 0 rings (SSSR count). The normalized spacial score (nSPS) is 14.3. The number of carbonyl (C=O) groups is 1. The third kappa shape index (κ3) is 5.74. The van der Waals surface area contributed by atoms with Crippen molar-refractivity contribution in [3.8, 4) is 0 Å². The summed E-state index contributed by atoms with van der Waals surface area (Å²) in [6.07, 6.45) is 0.476. The average Bonchev–Trinajstić information content (AvgIpc) is 2.11. The molecule has 0 bridgehead atoms. The highest BCUT2D eigenvalue weighted by Gasteiger charge is 2.21. The van der Waals surface area contributed by atoms with Gasteiger partial charge in [-0.05, 0) is 24.3 Å². The molecule has 0 aliphatic heterocycles. The second-order valence-electron chi connectivity index (χ2n) is 5.05. The Morgan fingerprint density at radius 3 is 2.40 bits per heavy atom. The van der Waals surface area contributed by atoms with Crippen LogP contribution in [0.25, 0.3) is 0 Å².